The van der Waals surface area contributed by atoms with Crippen LogP contribution < -0.4 is 16.8 Å². The molecule has 3 aromatic rings. The Balaban J connectivity index is 0.000000654. The number of amides is 2. The van der Waals surface area contributed by atoms with Gasteiger partial charge in [-0.05, 0) is 31.0 Å². The standard InChI is InChI=1S/C21H24N4OS.C3H7NO/c1-15-21(18-9-5-6-12-23-18)27-20(24-15)11-10-19(26)25-17(14-22)13-16-7-3-2-4-8-16;1-2-3(4)5/h2-9,12,17H,10-11,13-14,22H2,1H3,(H,25,26);2H2,1H3,(H2,4,5). The Hall–Kier alpha value is -3.10. The van der Waals surface area contributed by atoms with Crippen molar-refractivity contribution < 1.29 is 9.59 Å². The lowest BCUT2D eigenvalue weighted by Crippen LogP contribution is -2.41. The topological polar surface area (TPSA) is 124 Å². The fraction of sp³-hybridized carbons (Fsp3) is 0.333. The summed E-state index contributed by atoms with van der Waals surface area (Å²) in [5.74, 6) is -0.237. The van der Waals surface area contributed by atoms with Gasteiger partial charge in [0.1, 0.15) is 0 Å². The fourth-order valence-electron chi connectivity index (χ4n) is 2.91. The third-order valence-electron chi connectivity index (χ3n) is 4.63. The van der Waals surface area contributed by atoms with Crippen molar-refractivity contribution in [2.45, 2.75) is 45.6 Å². The van der Waals surface area contributed by atoms with E-state index in [1.54, 1.807) is 24.5 Å². The van der Waals surface area contributed by atoms with Gasteiger partial charge < -0.3 is 16.8 Å². The van der Waals surface area contributed by atoms with Crippen molar-refractivity contribution in [3.8, 4) is 10.6 Å². The van der Waals surface area contributed by atoms with Gasteiger partial charge in [-0.3, -0.25) is 14.6 Å². The molecule has 1 atom stereocenters. The van der Waals surface area contributed by atoms with Gasteiger partial charge in [0.05, 0.1) is 21.3 Å². The third-order valence-corrected chi connectivity index (χ3v) is 5.87. The summed E-state index contributed by atoms with van der Waals surface area (Å²) < 4.78 is 0. The van der Waals surface area contributed by atoms with E-state index >= 15 is 0 Å². The van der Waals surface area contributed by atoms with Gasteiger partial charge >= 0.3 is 0 Å². The molecule has 2 heterocycles. The second kappa shape index (κ2) is 13.3. The van der Waals surface area contributed by atoms with Crippen molar-refractivity contribution in [1.29, 1.82) is 0 Å². The highest BCUT2D eigenvalue weighted by Crippen LogP contribution is 2.28. The third kappa shape index (κ3) is 8.56. The fourth-order valence-corrected chi connectivity index (χ4v) is 3.95. The molecule has 0 fully saturated rings. The van der Waals surface area contributed by atoms with Crippen molar-refractivity contribution in [3.05, 3.63) is 71.0 Å². The Labute approximate surface area is 193 Å². The SMILES string of the molecule is CCC(N)=O.Cc1nc(CCC(=O)NC(CN)Cc2ccccc2)sc1-c1ccccn1. The number of hydrogen-bond donors (Lipinski definition) is 3. The molecule has 0 saturated carbocycles. The van der Waals surface area contributed by atoms with E-state index in [2.05, 4.69) is 21.0 Å². The summed E-state index contributed by atoms with van der Waals surface area (Å²) in [6.45, 7) is 4.12. The van der Waals surface area contributed by atoms with Crippen molar-refractivity contribution in [2.24, 2.45) is 11.5 Å². The van der Waals surface area contributed by atoms with E-state index in [-0.39, 0.29) is 17.9 Å². The van der Waals surface area contributed by atoms with Gasteiger partial charge in [0, 0.05) is 38.0 Å². The van der Waals surface area contributed by atoms with Crippen LogP contribution in [0.2, 0.25) is 0 Å². The van der Waals surface area contributed by atoms with Gasteiger partial charge in [-0.15, -0.1) is 11.3 Å². The lowest BCUT2D eigenvalue weighted by atomic mass is 10.1. The lowest BCUT2D eigenvalue weighted by Gasteiger charge is -2.16. The molecule has 5 N–H and O–H groups in total. The first-order valence-corrected chi connectivity index (χ1v) is 11.4. The van der Waals surface area contributed by atoms with Gasteiger partial charge in [-0.1, -0.05) is 43.3 Å². The number of hydrogen-bond acceptors (Lipinski definition) is 6. The van der Waals surface area contributed by atoms with Crippen LogP contribution in [0.15, 0.2) is 54.7 Å². The molecule has 32 heavy (non-hydrogen) atoms. The molecule has 1 aromatic carbocycles. The van der Waals surface area contributed by atoms with Crippen LogP contribution in [0.4, 0.5) is 0 Å². The number of nitrogens with zero attached hydrogens (tertiary/aromatic N) is 2. The molecule has 2 amide bonds. The van der Waals surface area contributed by atoms with Crippen LogP contribution in [0.3, 0.4) is 0 Å². The van der Waals surface area contributed by atoms with Gasteiger partial charge in [-0.2, -0.15) is 0 Å². The minimum Gasteiger partial charge on any atom is -0.370 e. The predicted octanol–water partition coefficient (Wildman–Crippen LogP) is 3.01. The first kappa shape index (κ1) is 25.2. The summed E-state index contributed by atoms with van der Waals surface area (Å²) in [5, 5.41) is 3.99. The van der Waals surface area contributed by atoms with E-state index in [1.807, 2.05) is 55.5 Å². The first-order chi connectivity index (χ1) is 15.4. The molecule has 7 nitrogen and oxygen atoms in total. The molecule has 0 aliphatic heterocycles. The largest absolute Gasteiger partial charge is 0.370 e. The Morgan fingerprint density at radius 1 is 1.12 bits per heavy atom. The highest BCUT2D eigenvalue weighted by Gasteiger charge is 2.14. The molecule has 0 radical (unpaired) electrons. The summed E-state index contributed by atoms with van der Waals surface area (Å²) >= 11 is 1.60. The number of carbonyl (C=O) groups excluding carboxylic acids is 2. The molecule has 0 saturated heterocycles. The lowest BCUT2D eigenvalue weighted by molar-refractivity contribution is -0.121. The van der Waals surface area contributed by atoms with Crippen molar-refractivity contribution in [1.82, 2.24) is 15.3 Å². The number of pyridine rings is 1. The van der Waals surface area contributed by atoms with E-state index in [0.29, 0.717) is 25.8 Å². The average Bonchev–Trinajstić information content (AvgIpc) is 3.19. The molecule has 0 bridgehead atoms. The number of aromatic nitrogens is 2. The van der Waals surface area contributed by atoms with E-state index in [4.69, 9.17) is 5.73 Å². The number of thiazole rings is 1. The van der Waals surface area contributed by atoms with Crippen LogP contribution in [0.25, 0.3) is 10.6 Å². The molecule has 2 aromatic heterocycles. The summed E-state index contributed by atoms with van der Waals surface area (Å²) in [4.78, 5) is 32.0. The van der Waals surface area contributed by atoms with E-state index in [0.717, 1.165) is 27.7 Å². The number of nitrogens with one attached hydrogen (secondary N) is 1. The molecule has 8 heteroatoms. The average molecular weight is 454 g/mol. The Kier molecular flexibility index (Phi) is 10.5. The van der Waals surface area contributed by atoms with Crippen LogP contribution in [-0.2, 0) is 22.4 Å². The predicted molar refractivity (Wildman–Crippen MR) is 129 cm³/mol. The number of benzene rings is 1. The zero-order chi connectivity index (χ0) is 23.3. The second-order valence-corrected chi connectivity index (χ2v) is 8.33. The van der Waals surface area contributed by atoms with Crippen molar-refractivity contribution >= 4 is 23.2 Å². The highest BCUT2D eigenvalue weighted by atomic mass is 32.1. The summed E-state index contributed by atoms with van der Waals surface area (Å²) in [6, 6.07) is 15.9. The highest BCUT2D eigenvalue weighted by molar-refractivity contribution is 7.15. The zero-order valence-corrected chi connectivity index (χ0v) is 19.4. The van der Waals surface area contributed by atoms with Crippen LogP contribution in [0.5, 0.6) is 0 Å². The molecule has 0 aliphatic carbocycles. The van der Waals surface area contributed by atoms with Crippen molar-refractivity contribution in [3.63, 3.8) is 0 Å². The van der Waals surface area contributed by atoms with E-state index in [1.165, 1.54) is 5.56 Å². The normalized spacial score (nSPS) is 11.2. The minimum absolute atomic E-state index is 0.00798. The van der Waals surface area contributed by atoms with Crippen LogP contribution in [0.1, 0.15) is 36.0 Å². The molecule has 0 aliphatic rings. The first-order valence-electron chi connectivity index (χ1n) is 10.6. The summed E-state index contributed by atoms with van der Waals surface area (Å²) in [5.41, 5.74) is 13.5. The Morgan fingerprint density at radius 2 is 1.81 bits per heavy atom. The van der Waals surface area contributed by atoms with E-state index < -0.39 is 0 Å². The summed E-state index contributed by atoms with van der Waals surface area (Å²) in [6.07, 6.45) is 3.98. The molecular weight excluding hydrogens is 422 g/mol. The zero-order valence-electron chi connectivity index (χ0n) is 18.6. The monoisotopic (exact) mass is 453 g/mol. The molecule has 3 rings (SSSR count). The molecule has 170 valence electrons. The second-order valence-electron chi connectivity index (χ2n) is 7.25. The quantitative estimate of drug-likeness (QED) is 0.459. The van der Waals surface area contributed by atoms with Gasteiger partial charge in [-0.25, -0.2) is 4.98 Å². The molecule has 0 spiro atoms. The smallest absolute Gasteiger partial charge is 0.220 e. The molecular formula is C24H31N5O2S. The Morgan fingerprint density at radius 3 is 2.41 bits per heavy atom. The maximum absolute atomic E-state index is 12.3. The maximum atomic E-state index is 12.3. The van der Waals surface area contributed by atoms with E-state index in [9.17, 15) is 9.59 Å². The number of nitrogens with two attached hydrogens (primary N) is 2. The maximum Gasteiger partial charge on any atom is 0.220 e. The summed E-state index contributed by atoms with van der Waals surface area (Å²) in [7, 11) is 0. The minimum atomic E-state index is -0.245. The van der Waals surface area contributed by atoms with Crippen LogP contribution in [-0.4, -0.2) is 34.4 Å². The number of aryl methyl sites for hydroxylation is 2. The van der Waals surface area contributed by atoms with Gasteiger partial charge in [0.2, 0.25) is 11.8 Å². The Bertz CT molecular complexity index is 977. The molecule has 1 unspecified atom stereocenters. The van der Waals surface area contributed by atoms with Crippen molar-refractivity contribution in [2.75, 3.05) is 6.54 Å². The van der Waals surface area contributed by atoms with Gasteiger partial charge in [0.25, 0.3) is 0 Å². The number of rotatable bonds is 9. The van der Waals surface area contributed by atoms with Gasteiger partial charge in [0.15, 0.2) is 0 Å². The number of carbonyl (C=O) groups is 2. The number of primary amides is 1. The van der Waals surface area contributed by atoms with Crippen LogP contribution in [0, 0.1) is 6.92 Å². The van der Waals surface area contributed by atoms with Crippen LogP contribution >= 0.6 is 11.3 Å².